The van der Waals surface area contributed by atoms with Crippen molar-refractivity contribution in [2.24, 2.45) is 5.92 Å². The summed E-state index contributed by atoms with van der Waals surface area (Å²) < 4.78 is 6.15. The minimum atomic E-state index is 0.0592. The number of fused-ring (bicyclic) bond motifs is 1. The summed E-state index contributed by atoms with van der Waals surface area (Å²) >= 11 is 1.75. The Hall–Kier alpha value is -1.76. The van der Waals surface area contributed by atoms with E-state index in [-0.39, 0.29) is 18.1 Å². The molecule has 2 aliphatic rings. The van der Waals surface area contributed by atoms with Gasteiger partial charge in [0.2, 0.25) is 5.91 Å². The van der Waals surface area contributed by atoms with Crippen molar-refractivity contribution < 1.29 is 9.53 Å². The fourth-order valence-electron chi connectivity index (χ4n) is 3.83. The molecule has 4 heterocycles. The van der Waals surface area contributed by atoms with Crippen LogP contribution >= 0.6 is 11.3 Å². The van der Waals surface area contributed by atoms with Crippen LogP contribution in [0.25, 0.3) is 0 Å². The van der Waals surface area contributed by atoms with Gasteiger partial charge in [0.05, 0.1) is 18.6 Å². The highest BCUT2D eigenvalue weighted by Crippen LogP contribution is 2.34. The van der Waals surface area contributed by atoms with Crippen LogP contribution in [-0.2, 0) is 22.6 Å². The quantitative estimate of drug-likeness (QED) is 0.863. The van der Waals surface area contributed by atoms with Gasteiger partial charge >= 0.3 is 0 Å². The number of ether oxygens (including phenoxy) is 1. The number of amides is 1. The van der Waals surface area contributed by atoms with Gasteiger partial charge in [0.15, 0.2) is 0 Å². The average Bonchev–Trinajstić information content (AvgIpc) is 3.31. The molecule has 0 saturated carbocycles. The maximum absolute atomic E-state index is 12.1. The maximum atomic E-state index is 12.1. The van der Waals surface area contributed by atoms with E-state index in [1.165, 1.54) is 5.56 Å². The Labute approximate surface area is 152 Å². The van der Waals surface area contributed by atoms with Crippen LogP contribution in [0.4, 0.5) is 0 Å². The standard InChI is InChI=1S/C19H23N3O2S/c23-19(21-9-14-2-1-4-20-8-14)7-17-6-16-11-22(12-18(16)24-17)10-15-3-5-25-13-15/h1-5,8,13,16-18H,6-7,9-12H2,(H,21,23)/t16-,17-,18+/m0/s1. The minimum Gasteiger partial charge on any atom is -0.373 e. The number of nitrogens with zero attached hydrogens (tertiary/aromatic N) is 2. The Morgan fingerprint density at radius 2 is 2.32 bits per heavy atom. The van der Waals surface area contributed by atoms with Gasteiger partial charge < -0.3 is 10.1 Å². The number of thiophene rings is 1. The molecule has 0 radical (unpaired) electrons. The Bertz CT molecular complexity index is 678. The summed E-state index contributed by atoms with van der Waals surface area (Å²) in [6, 6.07) is 6.03. The number of hydrogen-bond donors (Lipinski definition) is 1. The lowest BCUT2D eigenvalue weighted by molar-refractivity contribution is -0.124. The Balaban J connectivity index is 1.20. The molecule has 0 spiro atoms. The number of nitrogens with one attached hydrogen (secondary N) is 1. The van der Waals surface area contributed by atoms with Crippen LogP contribution < -0.4 is 5.32 Å². The molecule has 5 nitrogen and oxygen atoms in total. The molecule has 0 aromatic carbocycles. The zero-order valence-electron chi connectivity index (χ0n) is 14.1. The van der Waals surface area contributed by atoms with Crippen molar-refractivity contribution in [1.82, 2.24) is 15.2 Å². The first-order valence-corrected chi connectivity index (χ1v) is 9.75. The minimum absolute atomic E-state index is 0.0592. The predicted molar refractivity (Wildman–Crippen MR) is 97.1 cm³/mol. The van der Waals surface area contributed by atoms with Crippen molar-refractivity contribution in [3.05, 3.63) is 52.5 Å². The van der Waals surface area contributed by atoms with Crippen LogP contribution in [0, 0.1) is 5.92 Å². The molecular formula is C19H23N3O2S. The number of carbonyl (C=O) groups is 1. The SMILES string of the molecule is O=C(C[C@@H]1C[C@H]2CN(Cc3ccsc3)C[C@H]2O1)NCc1cccnc1. The third kappa shape index (κ3) is 4.26. The van der Waals surface area contributed by atoms with Gasteiger partial charge in [0.25, 0.3) is 0 Å². The first kappa shape index (κ1) is 16.7. The van der Waals surface area contributed by atoms with Crippen LogP contribution in [0.15, 0.2) is 41.4 Å². The van der Waals surface area contributed by atoms with Crippen LogP contribution in [-0.4, -0.2) is 41.1 Å². The normalized spacial score (nSPS) is 25.8. The van der Waals surface area contributed by atoms with E-state index >= 15 is 0 Å². The summed E-state index contributed by atoms with van der Waals surface area (Å²) in [5.41, 5.74) is 2.40. The number of rotatable bonds is 6. The molecule has 2 aromatic heterocycles. The van der Waals surface area contributed by atoms with E-state index in [0.29, 0.717) is 18.9 Å². The van der Waals surface area contributed by atoms with Crippen molar-refractivity contribution >= 4 is 17.2 Å². The Kier molecular flexibility index (Phi) is 5.10. The number of likely N-dealkylation sites (tertiary alicyclic amines) is 1. The monoisotopic (exact) mass is 357 g/mol. The lowest BCUT2D eigenvalue weighted by atomic mass is 10.0. The average molecular weight is 357 g/mol. The van der Waals surface area contributed by atoms with E-state index in [1.54, 1.807) is 23.7 Å². The molecule has 0 bridgehead atoms. The predicted octanol–water partition coefficient (Wildman–Crippen LogP) is 2.44. The van der Waals surface area contributed by atoms with E-state index in [0.717, 1.165) is 31.6 Å². The van der Waals surface area contributed by atoms with Gasteiger partial charge in [-0.15, -0.1) is 0 Å². The van der Waals surface area contributed by atoms with Gasteiger partial charge in [-0.3, -0.25) is 14.7 Å². The first-order chi connectivity index (χ1) is 12.3. The zero-order valence-corrected chi connectivity index (χ0v) is 15.0. The van der Waals surface area contributed by atoms with Gasteiger partial charge in [-0.2, -0.15) is 11.3 Å². The molecule has 4 rings (SSSR count). The topological polar surface area (TPSA) is 54.5 Å². The number of aromatic nitrogens is 1. The lowest BCUT2D eigenvalue weighted by Crippen LogP contribution is -2.29. The lowest BCUT2D eigenvalue weighted by Gasteiger charge is -2.18. The Morgan fingerprint density at radius 3 is 3.08 bits per heavy atom. The van der Waals surface area contributed by atoms with Crippen LogP contribution in [0.3, 0.4) is 0 Å². The van der Waals surface area contributed by atoms with Crippen LogP contribution in [0.1, 0.15) is 24.0 Å². The van der Waals surface area contributed by atoms with Crippen molar-refractivity contribution in [3.8, 4) is 0 Å². The summed E-state index contributed by atoms with van der Waals surface area (Å²) in [4.78, 5) is 18.7. The third-order valence-corrected chi connectivity index (χ3v) is 5.73. The molecule has 0 unspecified atom stereocenters. The van der Waals surface area contributed by atoms with Crippen molar-refractivity contribution in [2.75, 3.05) is 13.1 Å². The summed E-state index contributed by atoms with van der Waals surface area (Å²) in [6.07, 6.45) is 5.31. The van der Waals surface area contributed by atoms with E-state index in [2.05, 4.69) is 32.0 Å². The highest BCUT2D eigenvalue weighted by atomic mass is 32.1. The van der Waals surface area contributed by atoms with Gasteiger partial charge in [0.1, 0.15) is 0 Å². The number of carbonyl (C=O) groups excluding carboxylic acids is 1. The van der Waals surface area contributed by atoms with Gasteiger partial charge in [-0.05, 0) is 40.4 Å². The summed E-state index contributed by atoms with van der Waals surface area (Å²) in [5, 5.41) is 7.30. The molecule has 0 aliphatic carbocycles. The van der Waals surface area contributed by atoms with Crippen LogP contribution in [0.2, 0.25) is 0 Å². The molecule has 1 amide bonds. The summed E-state index contributed by atoms with van der Waals surface area (Å²) in [6.45, 7) is 3.60. The van der Waals surface area contributed by atoms with Crippen molar-refractivity contribution in [3.63, 3.8) is 0 Å². The molecule has 25 heavy (non-hydrogen) atoms. The maximum Gasteiger partial charge on any atom is 0.222 e. The second kappa shape index (κ2) is 7.64. The van der Waals surface area contributed by atoms with Gasteiger partial charge in [0, 0.05) is 44.5 Å². The largest absolute Gasteiger partial charge is 0.373 e. The molecule has 6 heteroatoms. The van der Waals surface area contributed by atoms with Crippen molar-refractivity contribution in [2.45, 2.75) is 38.1 Å². The Morgan fingerprint density at radius 1 is 1.36 bits per heavy atom. The number of pyridine rings is 1. The smallest absolute Gasteiger partial charge is 0.222 e. The van der Waals surface area contributed by atoms with Crippen molar-refractivity contribution in [1.29, 1.82) is 0 Å². The fourth-order valence-corrected chi connectivity index (χ4v) is 4.49. The second-order valence-electron chi connectivity index (χ2n) is 6.96. The molecule has 2 aliphatic heterocycles. The van der Waals surface area contributed by atoms with E-state index in [1.807, 2.05) is 12.1 Å². The summed E-state index contributed by atoms with van der Waals surface area (Å²) in [5.74, 6) is 0.624. The molecular weight excluding hydrogens is 334 g/mol. The van der Waals surface area contributed by atoms with Gasteiger partial charge in [-0.25, -0.2) is 0 Å². The highest BCUT2D eigenvalue weighted by Gasteiger charge is 2.42. The molecule has 1 N–H and O–H groups in total. The second-order valence-corrected chi connectivity index (χ2v) is 7.74. The summed E-state index contributed by atoms with van der Waals surface area (Å²) in [7, 11) is 0. The molecule has 2 aromatic rings. The molecule has 2 fully saturated rings. The molecule has 132 valence electrons. The zero-order chi connectivity index (χ0) is 17.1. The fraction of sp³-hybridized carbons (Fsp3) is 0.474. The highest BCUT2D eigenvalue weighted by molar-refractivity contribution is 7.07. The molecule has 2 saturated heterocycles. The van der Waals surface area contributed by atoms with E-state index in [4.69, 9.17) is 4.74 Å². The third-order valence-electron chi connectivity index (χ3n) is 5.00. The molecule has 3 atom stereocenters. The van der Waals surface area contributed by atoms with Crippen LogP contribution in [0.5, 0.6) is 0 Å². The van der Waals surface area contributed by atoms with E-state index < -0.39 is 0 Å². The van der Waals surface area contributed by atoms with Gasteiger partial charge in [-0.1, -0.05) is 6.07 Å². The number of hydrogen-bond acceptors (Lipinski definition) is 5. The first-order valence-electron chi connectivity index (χ1n) is 8.81. The van der Waals surface area contributed by atoms with E-state index in [9.17, 15) is 4.79 Å².